The minimum absolute atomic E-state index is 0.000989. The van der Waals surface area contributed by atoms with Crippen molar-refractivity contribution in [2.45, 2.75) is 24.0 Å². The van der Waals surface area contributed by atoms with Crippen molar-refractivity contribution in [1.29, 1.82) is 0 Å². The fourth-order valence-corrected chi connectivity index (χ4v) is 6.66. The Morgan fingerprint density at radius 1 is 1.31 bits per heavy atom. The summed E-state index contributed by atoms with van der Waals surface area (Å²) >= 11 is 8.33. The van der Waals surface area contributed by atoms with Crippen LogP contribution in [-0.2, 0) is 14.8 Å². The van der Waals surface area contributed by atoms with Gasteiger partial charge in [-0.2, -0.15) is 4.31 Å². The lowest BCUT2D eigenvalue weighted by Crippen LogP contribution is -2.41. The van der Waals surface area contributed by atoms with Crippen molar-refractivity contribution in [2.24, 2.45) is 5.92 Å². The van der Waals surface area contributed by atoms with Crippen LogP contribution in [0.25, 0.3) is 11.6 Å². The Morgan fingerprint density at radius 3 is 2.69 bits per heavy atom. The second-order valence-electron chi connectivity index (χ2n) is 6.39. The second kappa shape index (κ2) is 8.11. The minimum atomic E-state index is -3.59. The number of nitrogens with zero attached hydrogens (tertiary/aromatic N) is 4. The van der Waals surface area contributed by atoms with Gasteiger partial charge in [-0.3, -0.25) is 10.1 Å². The molecule has 9 nitrogen and oxygen atoms in total. The normalized spacial score (nSPS) is 16.2. The summed E-state index contributed by atoms with van der Waals surface area (Å²) in [6, 6.07) is 3.06. The van der Waals surface area contributed by atoms with E-state index in [1.807, 2.05) is 6.92 Å². The number of sulfonamides is 1. The van der Waals surface area contributed by atoms with Crippen LogP contribution in [0.15, 0.2) is 26.1 Å². The first-order chi connectivity index (χ1) is 13.8. The Kier molecular flexibility index (Phi) is 5.71. The van der Waals surface area contributed by atoms with Crippen molar-refractivity contribution < 1.29 is 17.6 Å². The molecule has 13 heteroatoms. The van der Waals surface area contributed by atoms with Gasteiger partial charge in [0.2, 0.25) is 5.91 Å². The average Bonchev–Trinajstić information content (AvgIpc) is 3.43. The fourth-order valence-electron chi connectivity index (χ4n) is 2.97. The molecule has 29 heavy (non-hydrogen) atoms. The third-order valence-electron chi connectivity index (χ3n) is 4.46. The number of carbonyl (C=O) groups excluding carboxylic acids is 1. The lowest BCUT2D eigenvalue weighted by molar-refractivity contribution is -0.121. The summed E-state index contributed by atoms with van der Waals surface area (Å²) in [5.41, 5.74) is 0.563. The monoisotopic (exact) mass is 473 g/mol. The van der Waals surface area contributed by atoms with Crippen LogP contribution in [0.1, 0.15) is 17.8 Å². The number of hydrogen-bond donors (Lipinski definition) is 1. The largest absolute Gasteiger partial charge is 0.401 e. The number of anilines is 1. The molecule has 1 aliphatic rings. The zero-order chi connectivity index (χ0) is 20.6. The van der Waals surface area contributed by atoms with E-state index in [1.54, 1.807) is 11.4 Å². The Morgan fingerprint density at radius 2 is 2.07 bits per heavy atom. The maximum atomic E-state index is 12.6. The number of nitrogens with one attached hydrogen (secondary N) is 1. The highest BCUT2D eigenvalue weighted by molar-refractivity contribution is 7.91. The lowest BCUT2D eigenvalue weighted by Gasteiger charge is -2.29. The SMILES string of the molecule is Cc1nc(-c2nnc(NC(=O)C3CCN(S(=O)(=O)c4ccc(Cl)s4)CC3)o2)cs1. The number of piperidine rings is 1. The molecular weight excluding hydrogens is 458 g/mol. The third kappa shape index (κ3) is 4.36. The number of carbonyl (C=O) groups is 1. The first-order valence-corrected chi connectivity index (χ1v) is 12.2. The first-order valence-electron chi connectivity index (χ1n) is 8.65. The molecule has 3 aromatic heterocycles. The molecule has 1 N–H and O–H groups in total. The van der Waals surface area contributed by atoms with Crippen molar-refractivity contribution in [3.05, 3.63) is 26.9 Å². The van der Waals surface area contributed by atoms with Crippen molar-refractivity contribution in [3.8, 4) is 11.6 Å². The summed E-state index contributed by atoms with van der Waals surface area (Å²) in [7, 11) is -3.59. The molecule has 0 spiro atoms. The molecule has 1 amide bonds. The van der Waals surface area contributed by atoms with Gasteiger partial charge >= 0.3 is 6.01 Å². The van der Waals surface area contributed by atoms with Crippen molar-refractivity contribution in [2.75, 3.05) is 18.4 Å². The van der Waals surface area contributed by atoms with E-state index in [-0.39, 0.29) is 41.0 Å². The molecule has 0 atom stereocenters. The summed E-state index contributed by atoms with van der Waals surface area (Å²) < 4.78 is 32.8. The summed E-state index contributed by atoms with van der Waals surface area (Å²) in [6.45, 7) is 2.37. The van der Waals surface area contributed by atoms with Crippen molar-refractivity contribution in [3.63, 3.8) is 0 Å². The van der Waals surface area contributed by atoms with Gasteiger partial charge in [-0.1, -0.05) is 16.7 Å². The number of hydrogen-bond acceptors (Lipinski definition) is 9. The summed E-state index contributed by atoms with van der Waals surface area (Å²) in [6.07, 6.45) is 0.799. The van der Waals surface area contributed by atoms with Crippen LogP contribution in [0.3, 0.4) is 0 Å². The van der Waals surface area contributed by atoms with Gasteiger partial charge in [-0.25, -0.2) is 13.4 Å². The van der Waals surface area contributed by atoms with E-state index in [0.29, 0.717) is 22.9 Å². The van der Waals surface area contributed by atoms with E-state index in [1.165, 1.54) is 21.7 Å². The molecular formula is C16H16ClN5O4S3. The van der Waals surface area contributed by atoms with Crippen LogP contribution in [-0.4, -0.2) is 46.9 Å². The molecule has 0 saturated carbocycles. The number of thiazole rings is 1. The maximum absolute atomic E-state index is 12.6. The van der Waals surface area contributed by atoms with Crippen LogP contribution in [0, 0.1) is 12.8 Å². The first kappa shape index (κ1) is 20.4. The Balaban J connectivity index is 1.35. The van der Waals surface area contributed by atoms with Crippen LogP contribution >= 0.6 is 34.3 Å². The zero-order valence-corrected chi connectivity index (χ0v) is 18.4. The number of aromatic nitrogens is 3. The average molecular weight is 474 g/mol. The molecule has 0 bridgehead atoms. The summed E-state index contributed by atoms with van der Waals surface area (Å²) in [5, 5.41) is 13.0. The van der Waals surface area contributed by atoms with Crippen molar-refractivity contribution in [1.82, 2.24) is 19.5 Å². The number of halogens is 1. The van der Waals surface area contributed by atoms with Gasteiger partial charge in [0.25, 0.3) is 15.9 Å². The molecule has 0 aliphatic carbocycles. The number of rotatable bonds is 5. The highest BCUT2D eigenvalue weighted by atomic mass is 35.5. The molecule has 4 heterocycles. The molecule has 0 unspecified atom stereocenters. The maximum Gasteiger partial charge on any atom is 0.322 e. The number of amides is 1. The fraction of sp³-hybridized carbons (Fsp3) is 0.375. The van der Waals surface area contributed by atoms with Crippen LogP contribution in [0.2, 0.25) is 4.34 Å². The Bertz CT molecular complexity index is 1130. The minimum Gasteiger partial charge on any atom is -0.401 e. The van der Waals surface area contributed by atoms with Crippen LogP contribution < -0.4 is 5.32 Å². The van der Waals surface area contributed by atoms with Gasteiger partial charge in [0.15, 0.2) is 0 Å². The van der Waals surface area contributed by atoms with E-state index < -0.39 is 10.0 Å². The van der Waals surface area contributed by atoms with Gasteiger partial charge in [0.1, 0.15) is 9.90 Å². The quantitative estimate of drug-likeness (QED) is 0.604. The third-order valence-corrected chi connectivity index (χ3v) is 8.83. The topological polar surface area (TPSA) is 118 Å². The van der Waals surface area contributed by atoms with E-state index in [0.717, 1.165) is 16.3 Å². The van der Waals surface area contributed by atoms with Gasteiger partial charge in [0, 0.05) is 24.4 Å². The molecule has 154 valence electrons. The highest BCUT2D eigenvalue weighted by Crippen LogP contribution is 2.31. The van der Waals surface area contributed by atoms with Crippen molar-refractivity contribution >= 4 is 56.2 Å². The standard InChI is InChI=1S/C16H16ClN5O4S3/c1-9-18-11(8-27-9)15-20-21-16(26-15)19-14(23)10-4-6-22(7-5-10)29(24,25)13-3-2-12(17)28-13/h2-3,8,10H,4-7H2,1H3,(H,19,21,23). The molecule has 1 saturated heterocycles. The smallest absolute Gasteiger partial charge is 0.322 e. The Labute approximate surface area is 179 Å². The zero-order valence-electron chi connectivity index (χ0n) is 15.2. The van der Waals surface area contributed by atoms with Gasteiger partial charge in [0.05, 0.1) is 9.34 Å². The highest BCUT2D eigenvalue weighted by Gasteiger charge is 2.33. The van der Waals surface area contributed by atoms with Gasteiger partial charge in [-0.05, 0) is 31.9 Å². The molecule has 3 aromatic rings. The second-order valence-corrected chi connectivity index (χ2v) is 11.3. The molecule has 1 aliphatic heterocycles. The predicted molar refractivity (Wildman–Crippen MR) is 110 cm³/mol. The molecule has 1 fully saturated rings. The van der Waals surface area contributed by atoms with Gasteiger partial charge < -0.3 is 4.42 Å². The van der Waals surface area contributed by atoms with E-state index >= 15 is 0 Å². The van der Waals surface area contributed by atoms with E-state index in [2.05, 4.69) is 20.5 Å². The Hall–Kier alpha value is -1.86. The summed E-state index contributed by atoms with van der Waals surface area (Å²) in [5.74, 6) is -0.378. The molecule has 4 rings (SSSR count). The molecule has 0 radical (unpaired) electrons. The summed E-state index contributed by atoms with van der Waals surface area (Å²) in [4.78, 5) is 16.8. The lowest BCUT2D eigenvalue weighted by atomic mass is 9.97. The predicted octanol–water partition coefficient (Wildman–Crippen LogP) is 3.26. The van der Waals surface area contributed by atoms with E-state index in [9.17, 15) is 13.2 Å². The molecule has 0 aromatic carbocycles. The van der Waals surface area contributed by atoms with Crippen LogP contribution in [0.4, 0.5) is 6.01 Å². The van der Waals surface area contributed by atoms with Gasteiger partial charge in [-0.15, -0.1) is 27.8 Å². The number of thiophene rings is 1. The van der Waals surface area contributed by atoms with Crippen LogP contribution in [0.5, 0.6) is 0 Å². The number of aryl methyl sites for hydroxylation is 1. The van der Waals surface area contributed by atoms with E-state index in [4.69, 9.17) is 16.0 Å².